The van der Waals surface area contributed by atoms with Crippen LogP contribution in [-0.4, -0.2) is 32.3 Å². The zero-order chi connectivity index (χ0) is 19.9. The number of fused-ring (bicyclic) bond motifs is 1. The summed E-state index contributed by atoms with van der Waals surface area (Å²) in [5.74, 6) is 2.16. The maximum absolute atomic E-state index is 12.5. The van der Waals surface area contributed by atoms with E-state index in [1.165, 1.54) is 0 Å². The fourth-order valence-electron chi connectivity index (χ4n) is 2.96. The first-order valence-corrected chi connectivity index (χ1v) is 10.2. The van der Waals surface area contributed by atoms with E-state index in [-0.39, 0.29) is 12.5 Å². The molecule has 1 aliphatic heterocycles. The van der Waals surface area contributed by atoms with Crippen molar-refractivity contribution in [3.05, 3.63) is 57.6 Å². The Bertz CT molecular complexity index is 879. The Morgan fingerprint density at radius 3 is 2.68 bits per heavy atom. The second kappa shape index (κ2) is 9.64. The van der Waals surface area contributed by atoms with Gasteiger partial charge >= 0.3 is 0 Å². The van der Waals surface area contributed by atoms with Gasteiger partial charge in [0.2, 0.25) is 0 Å². The van der Waals surface area contributed by atoms with Crippen molar-refractivity contribution in [2.24, 2.45) is 0 Å². The molecule has 0 fully saturated rings. The Kier molecular flexibility index (Phi) is 6.98. The summed E-state index contributed by atoms with van der Waals surface area (Å²) in [7, 11) is 0. The number of amides is 1. The smallest absolute Gasteiger partial charge is 0.250 e. The van der Waals surface area contributed by atoms with Gasteiger partial charge < -0.3 is 19.5 Å². The lowest BCUT2D eigenvalue weighted by atomic mass is 10.1. The first-order chi connectivity index (χ1) is 13.6. The number of ether oxygens (including phenoxy) is 3. The van der Waals surface area contributed by atoms with Crippen LogP contribution in [0.2, 0.25) is 0 Å². The van der Waals surface area contributed by atoms with Crippen molar-refractivity contribution in [3.63, 3.8) is 0 Å². The zero-order valence-electron chi connectivity index (χ0n) is 16.1. The molecular weight excluding hydrogens is 422 g/mol. The van der Waals surface area contributed by atoms with Crippen LogP contribution >= 0.6 is 15.9 Å². The highest BCUT2D eigenvalue weighted by Gasteiger charge is 2.17. The normalized spacial score (nSPS) is 12.5. The topological polar surface area (TPSA) is 56.8 Å². The largest absolute Gasteiger partial charge is 0.490 e. The molecule has 0 unspecified atom stereocenters. The third kappa shape index (κ3) is 5.07. The summed E-state index contributed by atoms with van der Waals surface area (Å²) in [6.45, 7) is 5.86. The summed E-state index contributed by atoms with van der Waals surface area (Å²) in [6.07, 6.45) is 2.58. The van der Waals surface area contributed by atoms with Crippen LogP contribution in [0, 0.1) is 0 Å². The highest BCUT2D eigenvalue weighted by atomic mass is 79.9. The standard InChI is InChI=1S/C22H24BrNO4/c1-3-26-20-7-5-15(11-21(20)27-4-2)9-10-24-22(25)17-12-16-13-18(23)6-8-19(16)28-14-17/h5-8,11-13H,3-4,9-10,14H2,1-2H3,(H,24,25). The third-order valence-electron chi connectivity index (χ3n) is 4.28. The molecule has 0 aliphatic carbocycles. The summed E-state index contributed by atoms with van der Waals surface area (Å²) in [5, 5.41) is 2.97. The van der Waals surface area contributed by atoms with E-state index in [1.807, 2.05) is 56.3 Å². The van der Waals surface area contributed by atoms with Crippen LogP contribution in [0.5, 0.6) is 17.2 Å². The number of nitrogens with one attached hydrogen (secondary N) is 1. The van der Waals surface area contributed by atoms with E-state index < -0.39 is 0 Å². The van der Waals surface area contributed by atoms with Crippen molar-refractivity contribution < 1.29 is 19.0 Å². The molecule has 0 saturated heterocycles. The van der Waals surface area contributed by atoms with Crippen molar-refractivity contribution in [1.29, 1.82) is 0 Å². The summed E-state index contributed by atoms with van der Waals surface area (Å²) in [5.41, 5.74) is 2.60. The van der Waals surface area contributed by atoms with Crippen LogP contribution in [0.3, 0.4) is 0 Å². The summed E-state index contributed by atoms with van der Waals surface area (Å²) >= 11 is 3.44. The molecule has 1 N–H and O–H groups in total. The van der Waals surface area contributed by atoms with Crippen LogP contribution < -0.4 is 19.5 Å². The van der Waals surface area contributed by atoms with E-state index in [0.29, 0.717) is 31.8 Å². The lowest BCUT2D eigenvalue weighted by Gasteiger charge is -2.18. The van der Waals surface area contributed by atoms with Gasteiger partial charge in [-0.25, -0.2) is 0 Å². The van der Waals surface area contributed by atoms with E-state index in [2.05, 4.69) is 21.2 Å². The fourth-order valence-corrected chi connectivity index (χ4v) is 3.34. The molecule has 0 spiro atoms. The number of rotatable bonds is 8. The number of carbonyl (C=O) groups excluding carboxylic acids is 1. The highest BCUT2D eigenvalue weighted by Crippen LogP contribution is 2.30. The van der Waals surface area contributed by atoms with Gasteiger partial charge in [-0.05, 0) is 62.2 Å². The lowest BCUT2D eigenvalue weighted by Crippen LogP contribution is -2.30. The highest BCUT2D eigenvalue weighted by molar-refractivity contribution is 9.10. The van der Waals surface area contributed by atoms with Crippen LogP contribution in [0.1, 0.15) is 25.0 Å². The molecule has 6 heteroatoms. The summed E-state index contributed by atoms with van der Waals surface area (Å²) in [4.78, 5) is 12.5. The van der Waals surface area contributed by atoms with Gasteiger partial charge in [0, 0.05) is 16.6 Å². The Hall–Kier alpha value is -2.47. The molecule has 3 rings (SSSR count). The molecule has 1 heterocycles. The van der Waals surface area contributed by atoms with Crippen molar-refractivity contribution in [2.45, 2.75) is 20.3 Å². The lowest BCUT2D eigenvalue weighted by molar-refractivity contribution is -0.117. The Morgan fingerprint density at radius 1 is 1.11 bits per heavy atom. The van der Waals surface area contributed by atoms with E-state index in [4.69, 9.17) is 14.2 Å². The van der Waals surface area contributed by atoms with Gasteiger partial charge in [0.15, 0.2) is 11.5 Å². The Morgan fingerprint density at radius 2 is 1.89 bits per heavy atom. The molecule has 0 saturated carbocycles. The van der Waals surface area contributed by atoms with E-state index in [9.17, 15) is 4.79 Å². The molecule has 5 nitrogen and oxygen atoms in total. The fraction of sp³-hybridized carbons (Fsp3) is 0.318. The monoisotopic (exact) mass is 445 g/mol. The molecule has 0 aromatic heterocycles. The minimum Gasteiger partial charge on any atom is -0.490 e. The van der Waals surface area contributed by atoms with Gasteiger partial charge in [0.1, 0.15) is 12.4 Å². The number of carbonyl (C=O) groups is 1. The predicted molar refractivity (Wildman–Crippen MR) is 113 cm³/mol. The van der Waals surface area contributed by atoms with E-state index in [0.717, 1.165) is 32.8 Å². The van der Waals surface area contributed by atoms with Crippen molar-refractivity contribution in [1.82, 2.24) is 5.32 Å². The zero-order valence-corrected chi connectivity index (χ0v) is 17.7. The minimum absolute atomic E-state index is 0.110. The Labute approximate surface area is 173 Å². The van der Waals surface area contributed by atoms with Gasteiger partial charge in [-0.2, -0.15) is 0 Å². The van der Waals surface area contributed by atoms with Gasteiger partial charge in [-0.15, -0.1) is 0 Å². The summed E-state index contributed by atoms with van der Waals surface area (Å²) in [6, 6.07) is 11.6. The molecule has 1 amide bonds. The first-order valence-electron chi connectivity index (χ1n) is 9.40. The van der Waals surface area contributed by atoms with Crippen LogP contribution in [-0.2, 0) is 11.2 Å². The SMILES string of the molecule is CCOc1ccc(CCNC(=O)C2=Cc3cc(Br)ccc3OC2)cc1OCC. The van der Waals surface area contributed by atoms with Crippen LogP contribution in [0.15, 0.2) is 46.4 Å². The van der Waals surface area contributed by atoms with E-state index in [1.54, 1.807) is 0 Å². The molecule has 148 valence electrons. The second-order valence-corrected chi connectivity index (χ2v) is 7.21. The number of hydrogen-bond acceptors (Lipinski definition) is 4. The maximum atomic E-state index is 12.5. The first kappa shape index (κ1) is 20.3. The quantitative estimate of drug-likeness (QED) is 0.654. The Balaban J connectivity index is 1.59. The third-order valence-corrected chi connectivity index (χ3v) is 4.78. The number of hydrogen-bond donors (Lipinski definition) is 1. The predicted octanol–water partition coefficient (Wildman–Crippen LogP) is 4.38. The van der Waals surface area contributed by atoms with Crippen LogP contribution in [0.4, 0.5) is 0 Å². The van der Waals surface area contributed by atoms with Crippen LogP contribution in [0.25, 0.3) is 6.08 Å². The molecular formula is C22H24BrNO4. The van der Waals surface area contributed by atoms with E-state index >= 15 is 0 Å². The molecule has 1 aliphatic rings. The van der Waals surface area contributed by atoms with Gasteiger partial charge in [0.25, 0.3) is 5.91 Å². The van der Waals surface area contributed by atoms with Crippen molar-refractivity contribution in [2.75, 3.05) is 26.4 Å². The molecule has 0 radical (unpaired) electrons. The summed E-state index contributed by atoms with van der Waals surface area (Å²) < 4.78 is 17.9. The average Bonchev–Trinajstić information content (AvgIpc) is 2.69. The molecule has 0 bridgehead atoms. The maximum Gasteiger partial charge on any atom is 0.250 e. The number of halogens is 1. The molecule has 28 heavy (non-hydrogen) atoms. The van der Waals surface area contributed by atoms with Crippen molar-refractivity contribution >= 4 is 27.9 Å². The van der Waals surface area contributed by atoms with Gasteiger partial charge in [-0.1, -0.05) is 22.0 Å². The molecule has 2 aromatic carbocycles. The minimum atomic E-state index is -0.110. The molecule has 2 aromatic rings. The van der Waals surface area contributed by atoms with Gasteiger partial charge in [0.05, 0.1) is 18.8 Å². The molecule has 0 atom stereocenters. The van der Waals surface area contributed by atoms with Gasteiger partial charge in [-0.3, -0.25) is 4.79 Å². The van der Waals surface area contributed by atoms with Crippen molar-refractivity contribution in [3.8, 4) is 17.2 Å². The number of benzene rings is 2. The average molecular weight is 446 g/mol. The second-order valence-electron chi connectivity index (χ2n) is 6.29.